The fourth-order valence-corrected chi connectivity index (χ4v) is 2.60. The summed E-state index contributed by atoms with van der Waals surface area (Å²) < 4.78 is 16.0. The van der Waals surface area contributed by atoms with Crippen LogP contribution in [-0.4, -0.2) is 12.6 Å². The summed E-state index contributed by atoms with van der Waals surface area (Å²) in [5, 5.41) is 0.779. The van der Waals surface area contributed by atoms with Crippen LogP contribution in [0.4, 0.5) is 0 Å². The van der Waals surface area contributed by atoms with Gasteiger partial charge >= 0.3 is 11.6 Å². The fourth-order valence-electron chi connectivity index (χ4n) is 2.60. The van der Waals surface area contributed by atoms with Gasteiger partial charge in [-0.1, -0.05) is 18.2 Å². The van der Waals surface area contributed by atoms with E-state index in [0.717, 1.165) is 16.5 Å². The summed E-state index contributed by atoms with van der Waals surface area (Å²) in [5.41, 5.74) is 2.79. The lowest BCUT2D eigenvalue weighted by atomic mass is 10.0. The number of para-hydroxylation sites is 1. The lowest BCUT2D eigenvalue weighted by molar-refractivity contribution is -0.145. The van der Waals surface area contributed by atoms with Crippen molar-refractivity contribution < 1.29 is 18.7 Å². The van der Waals surface area contributed by atoms with Gasteiger partial charge < -0.3 is 13.9 Å². The maximum absolute atomic E-state index is 11.9. The molecule has 0 saturated heterocycles. The summed E-state index contributed by atoms with van der Waals surface area (Å²) in [6, 6.07) is 14.4. The van der Waals surface area contributed by atoms with Crippen molar-refractivity contribution in [2.24, 2.45) is 0 Å². The van der Waals surface area contributed by atoms with E-state index in [4.69, 9.17) is 13.9 Å². The van der Waals surface area contributed by atoms with Gasteiger partial charge in [-0.05, 0) is 49.2 Å². The van der Waals surface area contributed by atoms with E-state index < -0.39 is 5.63 Å². The molecule has 0 fully saturated rings. The maximum Gasteiger partial charge on any atom is 0.336 e. The van der Waals surface area contributed by atoms with Gasteiger partial charge in [-0.3, -0.25) is 4.79 Å². The predicted molar refractivity (Wildman–Crippen MR) is 98.3 cm³/mol. The monoisotopic (exact) mass is 352 g/mol. The van der Waals surface area contributed by atoms with Gasteiger partial charge in [0.25, 0.3) is 0 Å². The van der Waals surface area contributed by atoms with E-state index in [9.17, 15) is 9.59 Å². The Bertz CT molecular complexity index is 973. The van der Waals surface area contributed by atoms with Crippen molar-refractivity contribution in [3.8, 4) is 5.75 Å². The molecule has 0 aliphatic heterocycles. The van der Waals surface area contributed by atoms with E-state index in [2.05, 4.69) is 0 Å². The molecule has 26 heavy (non-hydrogen) atoms. The van der Waals surface area contributed by atoms with Gasteiger partial charge in [-0.25, -0.2) is 4.79 Å². The fraction of sp³-hybridized carbons (Fsp3) is 0.238. The summed E-state index contributed by atoms with van der Waals surface area (Å²) in [4.78, 5) is 23.7. The first-order chi connectivity index (χ1) is 12.5. The zero-order chi connectivity index (χ0) is 18.5. The quantitative estimate of drug-likeness (QED) is 0.497. The largest absolute Gasteiger partial charge is 0.493 e. The number of ether oxygens (including phenoxy) is 2. The molecule has 0 radical (unpaired) electrons. The zero-order valence-electron chi connectivity index (χ0n) is 14.8. The van der Waals surface area contributed by atoms with Crippen molar-refractivity contribution in [1.29, 1.82) is 0 Å². The second-order valence-corrected chi connectivity index (χ2v) is 6.10. The SMILES string of the molecule is Cc1cc2oc(=O)cc(COC(=O)CCOc3ccccc3)c2cc1C. The van der Waals surface area contributed by atoms with Crippen LogP contribution in [0.15, 0.2) is 57.7 Å². The summed E-state index contributed by atoms with van der Waals surface area (Å²) >= 11 is 0. The number of benzene rings is 2. The average molecular weight is 352 g/mol. The van der Waals surface area contributed by atoms with E-state index in [1.807, 2.05) is 56.3 Å². The molecule has 3 aromatic rings. The Kier molecular flexibility index (Phi) is 5.37. The summed E-state index contributed by atoms with van der Waals surface area (Å²) in [6.45, 7) is 4.19. The first kappa shape index (κ1) is 17.7. The van der Waals surface area contributed by atoms with Crippen LogP contribution in [0.1, 0.15) is 23.1 Å². The molecule has 1 heterocycles. The van der Waals surface area contributed by atoms with Crippen LogP contribution in [0.25, 0.3) is 11.0 Å². The number of hydrogen-bond acceptors (Lipinski definition) is 5. The summed E-state index contributed by atoms with van der Waals surface area (Å²) in [5.74, 6) is 0.323. The van der Waals surface area contributed by atoms with Crippen LogP contribution in [0.3, 0.4) is 0 Å². The first-order valence-electron chi connectivity index (χ1n) is 8.40. The summed E-state index contributed by atoms with van der Waals surface area (Å²) in [6.07, 6.45) is 0.131. The maximum atomic E-state index is 11.9. The van der Waals surface area contributed by atoms with Gasteiger partial charge in [0.15, 0.2) is 0 Å². The first-order valence-corrected chi connectivity index (χ1v) is 8.40. The van der Waals surface area contributed by atoms with Gasteiger partial charge in [0.05, 0.1) is 13.0 Å². The van der Waals surface area contributed by atoms with Gasteiger partial charge in [0.1, 0.15) is 17.9 Å². The molecule has 5 heteroatoms. The number of fused-ring (bicyclic) bond motifs is 1. The van der Waals surface area contributed by atoms with Gasteiger partial charge in [0, 0.05) is 17.0 Å². The van der Waals surface area contributed by atoms with Crippen LogP contribution in [0.5, 0.6) is 5.75 Å². The molecule has 0 saturated carbocycles. The second-order valence-electron chi connectivity index (χ2n) is 6.10. The van der Waals surface area contributed by atoms with Crippen LogP contribution in [-0.2, 0) is 16.1 Å². The molecule has 0 amide bonds. The molecule has 0 unspecified atom stereocenters. The van der Waals surface area contributed by atoms with Crippen LogP contribution in [0, 0.1) is 13.8 Å². The Morgan fingerprint density at radius 2 is 1.77 bits per heavy atom. The Hall–Kier alpha value is -3.08. The third-order valence-corrected chi connectivity index (χ3v) is 4.15. The number of hydrogen-bond donors (Lipinski definition) is 0. The second kappa shape index (κ2) is 7.87. The van der Waals surface area contributed by atoms with Gasteiger partial charge in [-0.15, -0.1) is 0 Å². The van der Waals surface area contributed by atoms with Crippen molar-refractivity contribution in [1.82, 2.24) is 0 Å². The number of carbonyl (C=O) groups excluding carboxylic acids is 1. The van der Waals surface area contributed by atoms with E-state index in [1.165, 1.54) is 6.07 Å². The van der Waals surface area contributed by atoms with E-state index in [1.54, 1.807) is 0 Å². The molecule has 1 aromatic heterocycles. The molecule has 3 rings (SSSR count). The topological polar surface area (TPSA) is 65.7 Å². The minimum Gasteiger partial charge on any atom is -0.493 e. The molecule has 5 nitrogen and oxygen atoms in total. The molecular weight excluding hydrogens is 332 g/mol. The highest BCUT2D eigenvalue weighted by molar-refractivity contribution is 5.82. The molecular formula is C21H20O5. The average Bonchev–Trinajstić information content (AvgIpc) is 2.62. The predicted octanol–water partition coefficient (Wildman–Crippen LogP) is 3.92. The highest BCUT2D eigenvalue weighted by Gasteiger charge is 2.10. The van der Waals surface area contributed by atoms with Crippen molar-refractivity contribution in [2.75, 3.05) is 6.61 Å². The van der Waals surface area contributed by atoms with E-state index in [0.29, 0.717) is 16.9 Å². The van der Waals surface area contributed by atoms with Crippen molar-refractivity contribution >= 4 is 16.9 Å². The van der Waals surface area contributed by atoms with Gasteiger partial charge in [-0.2, -0.15) is 0 Å². The molecule has 0 atom stereocenters. The zero-order valence-corrected chi connectivity index (χ0v) is 14.8. The molecule has 0 aliphatic rings. The third kappa shape index (κ3) is 4.30. The Morgan fingerprint density at radius 1 is 1.04 bits per heavy atom. The Balaban J connectivity index is 1.63. The Labute approximate surface area is 151 Å². The third-order valence-electron chi connectivity index (χ3n) is 4.15. The van der Waals surface area contributed by atoms with Crippen LogP contribution < -0.4 is 10.4 Å². The number of rotatable bonds is 6. The van der Waals surface area contributed by atoms with Crippen LogP contribution >= 0.6 is 0 Å². The molecule has 0 bridgehead atoms. The van der Waals surface area contributed by atoms with Crippen molar-refractivity contribution in [2.45, 2.75) is 26.9 Å². The number of aryl methyl sites for hydroxylation is 2. The molecule has 0 spiro atoms. The van der Waals surface area contributed by atoms with Crippen molar-refractivity contribution in [3.63, 3.8) is 0 Å². The lowest BCUT2D eigenvalue weighted by Crippen LogP contribution is -2.11. The summed E-state index contributed by atoms with van der Waals surface area (Å²) in [7, 11) is 0. The molecule has 2 aromatic carbocycles. The lowest BCUT2D eigenvalue weighted by Gasteiger charge is -2.09. The Morgan fingerprint density at radius 3 is 2.54 bits per heavy atom. The highest BCUT2D eigenvalue weighted by Crippen LogP contribution is 2.22. The number of carbonyl (C=O) groups is 1. The highest BCUT2D eigenvalue weighted by atomic mass is 16.5. The van der Waals surface area contributed by atoms with Crippen molar-refractivity contribution in [3.05, 3.63) is 75.6 Å². The standard InChI is InChI=1S/C21H20O5/c1-14-10-18-16(12-21(23)26-19(18)11-15(14)2)13-25-20(22)8-9-24-17-6-4-3-5-7-17/h3-7,10-12H,8-9,13H2,1-2H3. The van der Waals surface area contributed by atoms with Gasteiger partial charge in [0.2, 0.25) is 0 Å². The smallest absolute Gasteiger partial charge is 0.336 e. The molecule has 0 N–H and O–H groups in total. The van der Waals surface area contributed by atoms with E-state index in [-0.39, 0.29) is 25.6 Å². The molecule has 134 valence electrons. The minimum atomic E-state index is -0.459. The van der Waals surface area contributed by atoms with E-state index >= 15 is 0 Å². The minimum absolute atomic E-state index is 0.0226. The molecule has 0 aliphatic carbocycles. The van der Waals surface area contributed by atoms with Crippen LogP contribution in [0.2, 0.25) is 0 Å². The normalized spacial score (nSPS) is 10.7. The number of esters is 1.